The molecule has 34 heavy (non-hydrogen) atoms. The van der Waals surface area contributed by atoms with Gasteiger partial charge in [0.2, 0.25) is 0 Å². The molecule has 0 saturated carbocycles. The number of aryl methyl sites for hydroxylation is 3. The molecule has 0 amide bonds. The van der Waals surface area contributed by atoms with Crippen LogP contribution in [-0.4, -0.2) is 19.8 Å². The van der Waals surface area contributed by atoms with Crippen molar-refractivity contribution >= 4 is 23.0 Å². The van der Waals surface area contributed by atoms with E-state index in [0.29, 0.717) is 5.11 Å². The first-order valence-corrected chi connectivity index (χ1v) is 11.8. The molecule has 0 unspecified atom stereocenters. The van der Waals surface area contributed by atoms with Crippen LogP contribution in [0.3, 0.4) is 0 Å². The van der Waals surface area contributed by atoms with Gasteiger partial charge in [-0.15, -0.1) is 0 Å². The number of hydrogen-bond acceptors (Lipinski definition) is 3. The van der Waals surface area contributed by atoms with Crippen LogP contribution >= 0.6 is 12.2 Å². The van der Waals surface area contributed by atoms with E-state index in [1.807, 2.05) is 42.6 Å². The molecule has 172 valence electrons. The maximum absolute atomic E-state index is 10.6. The number of nitrogens with zero attached hydrogens (tertiary/aromatic N) is 3. The predicted octanol–water partition coefficient (Wildman–Crippen LogP) is 5.99. The highest BCUT2D eigenvalue weighted by Crippen LogP contribution is 2.44. The van der Waals surface area contributed by atoms with Crippen molar-refractivity contribution in [3.8, 4) is 11.4 Å². The molecule has 1 saturated heterocycles. The Hall–Kier alpha value is -3.64. The molecule has 1 fully saturated rings. The first-order valence-electron chi connectivity index (χ1n) is 11.4. The van der Waals surface area contributed by atoms with E-state index in [2.05, 4.69) is 71.7 Å². The Morgan fingerprint density at radius 1 is 0.912 bits per heavy atom. The van der Waals surface area contributed by atoms with Crippen LogP contribution in [0.1, 0.15) is 45.9 Å². The van der Waals surface area contributed by atoms with Crippen molar-refractivity contribution in [2.45, 2.75) is 39.8 Å². The van der Waals surface area contributed by atoms with Gasteiger partial charge in [0.05, 0.1) is 23.5 Å². The van der Waals surface area contributed by atoms with Gasteiger partial charge in [-0.05, 0) is 99.1 Å². The van der Waals surface area contributed by atoms with Crippen LogP contribution in [0.4, 0.5) is 5.69 Å². The minimum absolute atomic E-state index is 0.102. The molecule has 1 aliphatic heterocycles. The highest BCUT2D eigenvalue weighted by Gasteiger charge is 2.42. The quantitative estimate of drug-likeness (QED) is 0.361. The van der Waals surface area contributed by atoms with Gasteiger partial charge >= 0.3 is 0 Å². The second-order valence-corrected chi connectivity index (χ2v) is 9.30. The Kier molecular flexibility index (Phi) is 5.62. The second kappa shape index (κ2) is 8.61. The van der Waals surface area contributed by atoms with Gasteiger partial charge in [0.1, 0.15) is 5.75 Å². The summed E-state index contributed by atoms with van der Waals surface area (Å²) in [6.45, 7) is 8.42. The summed E-state index contributed by atoms with van der Waals surface area (Å²) >= 11 is 5.89. The lowest BCUT2D eigenvalue weighted by molar-refractivity contribution is 0.471. The first kappa shape index (κ1) is 22.2. The van der Waals surface area contributed by atoms with E-state index in [0.717, 1.165) is 34.0 Å². The second-order valence-electron chi connectivity index (χ2n) is 8.92. The zero-order valence-corrected chi connectivity index (χ0v) is 20.6. The Bertz CT molecular complexity index is 1380. The lowest BCUT2D eigenvalue weighted by atomic mass is 9.96. The minimum atomic E-state index is -0.117. The molecule has 2 atom stereocenters. The number of rotatable bonds is 4. The van der Waals surface area contributed by atoms with E-state index in [-0.39, 0.29) is 17.8 Å². The average Bonchev–Trinajstić information content (AvgIpc) is 3.32. The molecule has 0 radical (unpaired) electrons. The van der Waals surface area contributed by atoms with Crippen LogP contribution < -0.4 is 10.2 Å². The van der Waals surface area contributed by atoms with E-state index in [4.69, 9.17) is 12.2 Å². The number of pyridine rings is 1. The number of aromatic hydroxyl groups is 1. The van der Waals surface area contributed by atoms with Crippen molar-refractivity contribution in [2.75, 3.05) is 4.90 Å². The summed E-state index contributed by atoms with van der Waals surface area (Å²) in [5.74, 6) is 0.253. The number of phenols is 1. The minimum Gasteiger partial charge on any atom is -0.506 e. The van der Waals surface area contributed by atoms with Crippen molar-refractivity contribution in [3.05, 3.63) is 107 Å². The molecule has 0 aliphatic carbocycles. The Labute approximate surface area is 205 Å². The molecule has 1 aliphatic rings. The highest BCUT2D eigenvalue weighted by molar-refractivity contribution is 7.80. The molecule has 5 rings (SSSR count). The molecule has 0 bridgehead atoms. The number of anilines is 1. The Morgan fingerprint density at radius 2 is 1.68 bits per heavy atom. The Balaban J connectivity index is 1.70. The van der Waals surface area contributed by atoms with E-state index in [1.54, 1.807) is 6.07 Å². The standard InChI is InChI=1S/C28H28N4OS/c1-17-12-13-21(15-18(17)2)32-27(26(30-28(32)34)23-9-7-8-14-29-23)22-16-19(3)31(20(22)4)24-10-5-6-11-25(24)33/h5-16,26-27,33H,1-4H3,(H,30,34)/t26-,27+/m0/s1. The van der Waals surface area contributed by atoms with E-state index in [1.165, 1.54) is 11.1 Å². The molecule has 3 heterocycles. The van der Waals surface area contributed by atoms with Crippen molar-refractivity contribution in [1.82, 2.24) is 14.9 Å². The fourth-order valence-electron chi connectivity index (χ4n) is 4.94. The van der Waals surface area contributed by atoms with Gasteiger partial charge in [-0.3, -0.25) is 4.98 Å². The fourth-order valence-corrected chi connectivity index (χ4v) is 5.28. The monoisotopic (exact) mass is 468 g/mol. The summed E-state index contributed by atoms with van der Waals surface area (Å²) in [5, 5.41) is 14.8. The van der Waals surface area contributed by atoms with Gasteiger partial charge in [-0.2, -0.15) is 0 Å². The third-order valence-electron chi connectivity index (χ3n) is 6.78. The van der Waals surface area contributed by atoms with Crippen LogP contribution in [0.15, 0.2) is 72.9 Å². The van der Waals surface area contributed by atoms with Crippen LogP contribution in [0.25, 0.3) is 5.69 Å². The van der Waals surface area contributed by atoms with Gasteiger partial charge in [0.25, 0.3) is 0 Å². The number of nitrogens with one attached hydrogen (secondary N) is 1. The highest BCUT2D eigenvalue weighted by atomic mass is 32.1. The topological polar surface area (TPSA) is 53.3 Å². The SMILES string of the molecule is Cc1ccc(N2C(=S)N[C@@H](c3ccccn3)[C@H]2c2cc(C)n(-c3ccccc3O)c2C)cc1C. The third-order valence-corrected chi connectivity index (χ3v) is 7.09. The number of benzene rings is 2. The van der Waals surface area contributed by atoms with Crippen molar-refractivity contribution in [3.63, 3.8) is 0 Å². The molecule has 2 aromatic carbocycles. The molecular weight excluding hydrogens is 440 g/mol. The fraction of sp³-hybridized carbons (Fsp3) is 0.214. The van der Waals surface area contributed by atoms with Gasteiger partial charge < -0.3 is 19.9 Å². The maximum atomic E-state index is 10.6. The molecule has 2 N–H and O–H groups in total. The number of hydrogen-bond donors (Lipinski definition) is 2. The summed E-state index contributed by atoms with van der Waals surface area (Å²) in [7, 11) is 0. The van der Waals surface area contributed by atoms with Crippen molar-refractivity contribution in [1.29, 1.82) is 0 Å². The van der Waals surface area contributed by atoms with Crippen molar-refractivity contribution < 1.29 is 5.11 Å². The first-order chi connectivity index (χ1) is 16.4. The van der Waals surface area contributed by atoms with Gasteiger partial charge in [-0.25, -0.2) is 0 Å². The van der Waals surface area contributed by atoms with Crippen LogP contribution in [0.5, 0.6) is 5.75 Å². The van der Waals surface area contributed by atoms with Gasteiger partial charge in [-0.1, -0.05) is 24.3 Å². The summed E-state index contributed by atoms with van der Waals surface area (Å²) in [5.41, 5.74) is 8.48. The van der Waals surface area contributed by atoms with E-state index in [9.17, 15) is 5.11 Å². The predicted molar refractivity (Wildman–Crippen MR) is 141 cm³/mol. The van der Waals surface area contributed by atoms with Crippen LogP contribution in [0, 0.1) is 27.7 Å². The molecule has 6 heteroatoms. The lowest BCUT2D eigenvalue weighted by Crippen LogP contribution is -2.29. The average molecular weight is 469 g/mol. The van der Waals surface area contributed by atoms with Gasteiger partial charge in [0.15, 0.2) is 5.11 Å². The van der Waals surface area contributed by atoms with E-state index < -0.39 is 0 Å². The van der Waals surface area contributed by atoms with Gasteiger partial charge in [0, 0.05) is 23.3 Å². The molecular formula is C28H28N4OS. The zero-order chi connectivity index (χ0) is 24.0. The number of aromatic nitrogens is 2. The summed E-state index contributed by atoms with van der Waals surface area (Å²) in [4.78, 5) is 6.87. The molecule has 4 aromatic rings. The maximum Gasteiger partial charge on any atom is 0.174 e. The molecule has 2 aromatic heterocycles. The molecule has 5 nitrogen and oxygen atoms in total. The molecule has 0 spiro atoms. The van der Waals surface area contributed by atoms with Crippen LogP contribution in [-0.2, 0) is 0 Å². The Morgan fingerprint density at radius 3 is 2.38 bits per heavy atom. The van der Waals surface area contributed by atoms with Crippen LogP contribution in [0.2, 0.25) is 0 Å². The lowest BCUT2D eigenvalue weighted by Gasteiger charge is -2.28. The summed E-state index contributed by atoms with van der Waals surface area (Å²) < 4.78 is 2.11. The number of para-hydroxylation sites is 2. The zero-order valence-electron chi connectivity index (χ0n) is 19.8. The largest absolute Gasteiger partial charge is 0.506 e. The normalized spacial score (nSPS) is 17.8. The summed E-state index contributed by atoms with van der Waals surface area (Å²) in [6.07, 6.45) is 1.82. The smallest absolute Gasteiger partial charge is 0.174 e. The van der Waals surface area contributed by atoms with E-state index >= 15 is 0 Å². The number of phenolic OH excluding ortho intramolecular Hbond substituents is 1. The third kappa shape index (κ3) is 3.64. The van der Waals surface area contributed by atoms with Crippen molar-refractivity contribution in [2.24, 2.45) is 0 Å². The number of thiocarbonyl (C=S) groups is 1. The summed E-state index contributed by atoms with van der Waals surface area (Å²) in [6, 6.07) is 21.9.